The van der Waals surface area contributed by atoms with Crippen molar-refractivity contribution in [1.82, 2.24) is 0 Å². The van der Waals surface area contributed by atoms with Crippen LogP contribution >= 0.6 is 15.9 Å². The molecule has 0 aromatic heterocycles. The normalized spacial score (nSPS) is 14.4. The maximum absolute atomic E-state index is 3.63. The Morgan fingerprint density at radius 2 is 1.75 bits per heavy atom. The molecule has 0 saturated carbocycles. The van der Waals surface area contributed by atoms with Crippen LogP contribution in [0, 0.1) is 0 Å². The minimum Gasteiger partial charge on any atom is -0.0842 e. The molecule has 0 nitrogen and oxygen atoms in total. The van der Waals surface area contributed by atoms with Gasteiger partial charge in [0.05, 0.1) is 0 Å². The lowest BCUT2D eigenvalue weighted by Crippen LogP contribution is -1.87. The van der Waals surface area contributed by atoms with Gasteiger partial charge in [-0.25, -0.2) is 0 Å². The SMILES string of the molecule is C[C@H](Br)c1ccc2c(c1)Cc1ccccc1-2. The van der Waals surface area contributed by atoms with Gasteiger partial charge in [-0.3, -0.25) is 0 Å². The molecule has 16 heavy (non-hydrogen) atoms. The standard InChI is InChI=1S/C15H13Br/c1-10(16)11-6-7-15-13(8-11)9-12-4-2-3-5-14(12)15/h2-8,10H,9H2,1H3/t10-/m0/s1. The first-order valence-electron chi connectivity index (χ1n) is 5.61. The molecule has 0 spiro atoms. The highest BCUT2D eigenvalue weighted by Crippen LogP contribution is 2.38. The van der Waals surface area contributed by atoms with E-state index in [0.717, 1.165) is 6.42 Å². The van der Waals surface area contributed by atoms with Crippen molar-refractivity contribution in [3.63, 3.8) is 0 Å². The first-order chi connectivity index (χ1) is 7.75. The summed E-state index contributed by atoms with van der Waals surface area (Å²) in [7, 11) is 0. The van der Waals surface area contributed by atoms with Crippen LogP contribution in [0.3, 0.4) is 0 Å². The number of hydrogen-bond donors (Lipinski definition) is 0. The summed E-state index contributed by atoms with van der Waals surface area (Å²) in [5.74, 6) is 0. The zero-order valence-electron chi connectivity index (χ0n) is 9.20. The maximum atomic E-state index is 3.63. The molecule has 80 valence electrons. The van der Waals surface area contributed by atoms with E-state index < -0.39 is 0 Å². The summed E-state index contributed by atoms with van der Waals surface area (Å²) >= 11 is 3.63. The highest BCUT2D eigenvalue weighted by molar-refractivity contribution is 9.09. The third-order valence-electron chi connectivity index (χ3n) is 3.28. The monoisotopic (exact) mass is 272 g/mol. The van der Waals surface area contributed by atoms with E-state index in [-0.39, 0.29) is 0 Å². The van der Waals surface area contributed by atoms with E-state index in [4.69, 9.17) is 0 Å². The molecular weight excluding hydrogens is 260 g/mol. The molecule has 1 heteroatoms. The Morgan fingerprint density at radius 1 is 1.00 bits per heavy atom. The van der Waals surface area contributed by atoms with Crippen LogP contribution in [0.25, 0.3) is 11.1 Å². The second kappa shape index (κ2) is 3.74. The third-order valence-corrected chi connectivity index (χ3v) is 3.81. The molecule has 0 fully saturated rings. The average Bonchev–Trinajstić information content (AvgIpc) is 2.66. The molecule has 2 aromatic carbocycles. The van der Waals surface area contributed by atoms with Crippen LogP contribution in [0.4, 0.5) is 0 Å². The van der Waals surface area contributed by atoms with E-state index in [1.54, 1.807) is 0 Å². The summed E-state index contributed by atoms with van der Waals surface area (Å²) in [5.41, 5.74) is 7.10. The lowest BCUT2D eigenvalue weighted by Gasteiger charge is -2.06. The van der Waals surface area contributed by atoms with Gasteiger partial charge in [0, 0.05) is 4.83 Å². The number of halogens is 1. The van der Waals surface area contributed by atoms with Crippen LogP contribution in [-0.2, 0) is 6.42 Å². The smallest absolute Gasteiger partial charge is 0.0367 e. The van der Waals surface area contributed by atoms with Gasteiger partial charge in [0.1, 0.15) is 0 Å². The van der Waals surface area contributed by atoms with Crippen molar-refractivity contribution in [1.29, 1.82) is 0 Å². The van der Waals surface area contributed by atoms with Gasteiger partial charge in [-0.2, -0.15) is 0 Å². The van der Waals surface area contributed by atoms with Crippen molar-refractivity contribution >= 4 is 15.9 Å². The van der Waals surface area contributed by atoms with Gasteiger partial charge in [-0.15, -0.1) is 0 Å². The van der Waals surface area contributed by atoms with E-state index in [9.17, 15) is 0 Å². The first-order valence-corrected chi connectivity index (χ1v) is 6.52. The summed E-state index contributed by atoms with van der Waals surface area (Å²) in [4.78, 5) is 0.432. The molecule has 1 aliphatic carbocycles. The molecule has 1 aliphatic rings. The van der Waals surface area contributed by atoms with Crippen molar-refractivity contribution < 1.29 is 0 Å². The molecule has 3 rings (SSSR count). The topological polar surface area (TPSA) is 0 Å². The predicted octanol–water partition coefficient (Wildman–Crippen LogP) is 4.71. The second-order valence-electron chi connectivity index (χ2n) is 4.37. The van der Waals surface area contributed by atoms with Gasteiger partial charge in [-0.1, -0.05) is 58.4 Å². The molecule has 1 atom stereocenters. The fourth-order valence-corrected chi connectivity index (χ4v) is 2.70. The van der Waals surface area contributed by atoms with Crippen molar-refractivity contribution in [2.45, 2.75) is 18.2 Å². The number of benzene rings is 2. The largest absolute Gasteiger partial charge is 0.0842 e. The first kappa shape index (κ1) is 10.1. The summed E-state index contributed by atoms with van der Waals surface area (Å²) in [6.07, 6.45) is 1.08. The van der Waals surface area contributed by atoms with Gasteiger partial charge in [0.2, 0.25) is 0 Å². The number of fused-ring (bicyclic) bond motifs is 3. The Bertz CT molecular complexity index is 541. The predicted molar refractivity (Wildman–Crippen MR) is 72.0 cm³/mol. The Kier molecular flexibility index (Phi) is 2.36. The molecule has 0 aliphatic heterocycles. The van der Waals surface area contributed by atoms with Crippen LogP contribution in [0.2, 0.25) is 0 Å². The molecule has 0 N–H and O–H groups in total. The number of alkyl halides is 1. The second-order valence-corrected chi connectivity index (χ2v) is 5.74. The van der Waals surface area contributed by atoms with E-state index in [1.807, 2.05) is 0 Å². The molecule has 0 heterocycles. The highest BCUT2D eigenvalue weighted by Gasteiger charge is 2.18. The minimum atomic E-state index is 0.432. The molecule has 0 saturated heterocycles. The number of hydrogen-bond acceptors (Lipinski definition) is 0. The van der Waals surface area contributed by atoms with E-state index in [1.165, 1.54) is 27.8 Å². The van der Waals surface area contributed by atoms with Crippen LogP contribution < -0.4 is 0 Å². The maximum Gasteiger partial charge on any atom is 0.0367 e. The van der Waals surface area contributed by atoms with E-state index >= 15 is 0 Å². The van der Waals surface area contributed by atoms with E-state index in [2.05, 4.69) is 65.3 Å². The van der Waals surface area contributed by atoms with Crippen LogP contribution in [0.5, 0.6) is 0 Å². The highest BCUT2D eigenvalue weighted by atomic mass is 79.9. The fraction of sp³-hybridized carbons (Fsp3) is 0.200. The lowest BCUT2D eigenvalue weighted by atomic mass is 10.0. The summed E-state index contributed by atoms with van der Waals surface area (Å²) < 4.78 is 0. The van der Waals surface area contributed by atoms with Gasteiger partial charge in [-0.05, 0) is 41.2 Å². The van der Waals surface area contributed by atoms with Gasteiger partial charge < -0.3 is 0 Å². The molecular formula is C15H13Br. The van der Waals surface area contributed by atoms with Gasteiger partial charge >= 0.3 is 0 Å². The van der Waals surface area contributed by atoms with Crippen molar-refractivity contribution in [2.24, 2.45) is 0 Å². The van der Waals surface area contributed by atoms with Crippen LogP contribution in [0.1, 0.15) is 28.4 Å². The van der Waals surface area contributed by atoms with Crippen molar-refractivity contribution in [2.75, 3.05) is 0 Å². The van der Waals surface area contributed by atoms with Crippen LogP contribution in [0.15, 0.2) is 42.5 Å². The Morgan fingerprint density at radius 3 is 2.56 bits per heavy atom. The van der Waals surface area contributed by atoms with Crippen molar-refractivity contribution in [3.8, 4) is 11.1 Å². The Labute approximate surface area is 104 Å². The zero-order valence-corrected chi connectivity index (χ0v) is 10.8. The van der Waals surface area contributed by atoms with Gasteiger partial charge in [0.15, 0.2) is 0 Å². The molecule has 0 radical (unpaired) electrons. The Balaban J connectivity index is 2.14. The molecule has 0 bridgehead atoms. The fourth-order valence-electron chi connectivity index (χ4n) is 2.41. The average molecular weight is 273 g/mol. The van der Waals surface area contributed by atoms with Gasteiger partial charge in [0.25, 0.3) is 0 Å². The van der Waals surface area contributed by atoms with Crippen molar-refractivity contribution in [3.05, 3.63) is 59.2 Å². The summed E-state index contributed by atoms with van der Waals surface area (Å²) in [6.45, 7) is 2.17. The lowest BCUT2D eigenvalue weighted by molar-refractivity contribution is 1.11. The minimum absolute atomic E-state index is 0.432. The third kappa shape index (κ3) is 1.51. The quantitative estimate of drug-likeness (QED) is 0.563. The summed E-state index contributed by atoms with van der Waals surface area (Å²) in [5, 5.41) is 0. The van der Waals surface area contributed by atoms with E-state index in [0.29, 0.717) is 4.83 Å². The Hall–Kier alpha value is -1.08. The molecule has 2 aromatic rings. The summed E-state index contributed by atoms with van der Waals surface area (Å²) in [6, 6.07) is 15.5. The number of rotatable bonds is 1. The molecule has 0 unspecified atom stereocenters. The van der Waals surface area contributed by atoms with Crippen LogP contribution in [-0.4, -0.2) is 0 Å². The molecule has 0 amide bonds. The zero-order chi connectivity index (χ0) is 11.1.